The quantitative estimate of drug-likeness (QED) is 0.0149. The van der Waals surface area contributed by atoms with Crippen LogP contribution in [-0.4, -0.2) is 351 Å². The van der Waals surface area contributed by atoms with E-state index in [4.69, 9.17) is 66.5 Å². The van der Waals surface area contributed by atoms with Crippen molar-refractivity contribution >= 4 is 278 Å². The molecule has 4 fully saturated rings. The van der Waals surface area contributed by atoms with Crippen LogP contribution in [0.15, 0.2) is 110 Å². The number of halogens is 2. The van der Waals surface area contributed by atoms with Crippen molar-refractivity contribution in [3.8, 4) is 22.8 Å². The SMILES string of the molecule is C/C=C/C(=O)CCC(=O)O.CC(C)(C)OC(=O)N1CCC[C@@H](n2nc(-c3cc4cc(CO)ccc4[nH]3)c3c(N)ncnc32)C1.CC(C)(C)OC(=O)N1CCC[C@@H](n2nc(I)c3c(N)ncnc32)C1.CC(C)(C)OC(=O)N1CCC[C@H](OS(C)(=O)=O)C1.CC(C)(C)OC(=O)n1c(B(O)O)cc2cc(CO)ccc21.Nc1ncnc2c1c(-c1cc3cc(CO)ccc3[nH]1)nn2[C@@H]1CCCNC1.Nc1ncnc2n[nH]c(I)c12.[Co].[Co].[Co].[Cs][Cs]. The van der Waals surface area contributed by atoms with Crippen molar-refractivity contribution in [3.05, 3.63) is 134 Å². The third-order valence-electron chi connectivity index (χ3n) is 22.7. The van der Waals surface area contributed by atoms with E-state index in [1.165, 1.54) is 42.4 Å². The van der Waals surface area contributed by atoms with Gasteiger partial charge in [0.25, 0.3) is 10.1 Å². The number of piperidine rings is 4. The Bertz CT molecular complexity index is 7150. The number of allylic oxidation sites excluding steroid dienone is 2. The summed E-state index contributed by atoms with van der Waals surface area (Å²) >= 11 is 6.46. The fraction of sp³-hybridized carbons (Fsp3) is 0.453. The molecule has 3 aromatic carbocycles. The Morgan fingerprint density at radius 1 is 0.513 bits per heavy atom. The average molecular weight is 2690 g/mol. The minimum atomic E-state index is -3.49. The number of hydrogen-bond donors (Lipinski definition) is 14. The number of H-pyrrole nitrogens is 3. The van der Waals surface area contributed by atoms with E-state index in [9.17, 15) is 57.4 Å². The Labute approximate surface area is 977 Å². The molecule has 150 heavy (non-hydrogen) atoms. The van der Waals surface area contributed by atoms with Gasteiger partial charge in [-0.05, 0) is 270 Å². The molecule has 0 spiro atoms. The summed E-state index contributed by atoms with van der Waals surface area (Å²) in [5, 5.41) is 85.2. The van der Waals surface area contributed by atoms with Crippen LogP contribution in [0.3, 0.4) is 0 Å². The Balaban J connectivity index is 0.000000218. The molecule has 4 atom stereocenters. The van der Waals surface area contributed by atoms with Gasteiger partial charge in [-0.15, -0.1) is 0 Å². The van der Waals surface area contributed by atoms with E-state index < -0.39 is 63.9 Å². The number of nitrogens with zero attached hydrogens (tertiary/aromatic N) is 19. The standard InChI is InChI=1S/C24H29N7O3.C19H21N7O.C15H21IN6O2.C14H18BNO5.C11H21NO5S.C7H10O3.C5H4IN5.3Co.2Cs/c1-24(2,3)34-23(33)30-8-4-5-16(11-30)31-22-19(21(25)26-13-27-22)20(29-31)18-10-15-9-14(12-32)6-7-17(15)28-18;20-18-16-17(15-7-12-6-11(9-27)3-4-14(12)24-15)25-26(19(16)23-10-22-18)13-2-1-5-21-8-13;1-15(2,3)24-14(23)21-6-4-5-9(7-21)22-13-10(11(16)20-22)12(17)18-8-19-13;1-14(2,3)21-13(18)16-11-5-4-9(8-17)6-10(11)7-12(16)15(19)20;1-11(2,3)16-10(13)12-7-5-6-9(8-12)17-18(4,14)15;1-2-3-6(8)4-5-7(9)10;6-3-2-4(7)8-1-9-5(2)11-10-3;;;;;/h6-7,9-10,13,16,28,32H,4-5,8,11-12H2,1-3H3,(H2,25,26,27);3-4,6-7,10,13,21,24,27H,1-2,5,8-9H2,(H2,20,22,23);8-9H,4-7H2,1-3H3,(H2,17,18,19);4-7,17,19-20H,8H2,1-3H3;9H,5-8H2,1-4H3;2-3H,4-5H2,1H3,(H,9,10);1H,(H3,7,8,9,10,11);;;;;/b;;;;;3-2+;;;;;;/t16-;13-;9-;;9-;;;;;;;/m111.0......./s1. The van der Waals surface area contributed by atoms with E-state index >= 15 is 0 Å². The molecule has 0 unspecified atom stereocenters. The zero-order chi connectivity index (χ0) is 107. The molecule has 3 amide bonds. The number of fused-ring (bicyclic) bond motifs is 7. The van der Waals surface area contributed by atoms with Crippen LogP contribution in [0.25, 0.3) is 99.6 Å². The number of carboxylic acid groups (broad SMARTS) is 1. The van der Waals surface area contributed by atoms with Crippen molar-refractivity contribution in [3.63, 3.8) is 0 Å². The number of benzene rings is 3. The van der Waals surface area contributed by atoms with Crippen LogP contribution in [0, 0.1) is 7.40 Å². The predicted molar refractivity (Wildman–Crippen MR) is 575 cm³/mol. The van der Waals surface area contributed by atoms with Gasteiger partial charge >= 0.3 is 111 Å². The van der Waals surface area contributed by atoms with Gasteiger partial charge in [-0.2, -0.15) is 28.8 Å². The summed E-state index contributed by atoms with van der Waals surface area (Å²) in [6.07, 6.45) is 14.6. The van der Waals surface area contributed by atoms with E-state index in [1.807, 2.05) is 104 Å². The van der Waals surface area contributed by atoms with Crippen molar-refractivity contribution in [2.24, 2.45) is 0 Å². The first-order chi connectivity index (χ1) is 69.5. The first kappa shape index (κ1) is 128. The molecule has 0 aliphatic carbocycles. The van der Waals surface area contributed by atoms with E-state index in [0.29, 0.717) is 113 Å². The third kappa shape index (κ3) is 35.6. The second-order valence-corrected chi connectivity index (χ2v) is 42.5. The first-order valence-electron chi connectivity index (χ1n) is 47.9. The van der Waals surface area contributed by atoms with Crippen LogP contribution in [0.4, 0.5) is 42.4 Å². The number of aromatic nitrogens is 19. The second-order valence-electron chi connectivity index (χ2n) is 38.8. The zero-order valence-corrected chi connectivity index (χ0v) is 107. The summed E-state index contributed by atoms with van der Waals surface area (Å²) in [4.78, 5) is 115. The normalized spacial score (nSPS) is 15.8. The van der Waals surface area contributed by atoms with Gasteiger partial charge in [0.1, 0.15) is 89.8 Å². The van der Waals surface area contributed by atoms with Gasteiger partial charge in [-0.1, -0.05) is 24.3 Å². The first-order valence-corrected chi connectivity index (χ1v) is 104. The molecule has 14 aromatic rings. The average Bonchev–Trinajstić information content (AvgIpc) is 1.60. The Hall–Kier alpha value is -7.34. The van der Waals surface area contributed by atoms with Gasteiger partial charge in [-0.3, -0.25) is 23.4 Å². The van der Waals surface area contributed by atoms with Gasteiger partial charge in [0.05, 0.1) is 107 Å². The molecule has 3 radical (unpaired) electrons. The van der Waals surface area contributed by atoms with Gasteiger partial charge in [0, 0.05) is 123 Å². The van der Waals surface area contributed by atoms with Crippen molar-refractivity contribution in [1.29, 1.82) is 0 Å². The number of nitrogen functional groups attached to an aromatic ring is 4. The molecule has 4 aliphatic rings. The molecular weight excluding hydrogens is 2560 g/mol. The summed E-state index contributed by atoms with van der Waals surface area (Å²) in [6, 6.07) is 22.3. The summed E-state index contributed by atoms with van der Waals surface area (Å²) < 4.78 is 57.1. The van der Waals surface area contributed by atoms with E-state index in [-0.39, 0.29) is 131 Å². The van der Waals surface area contributed by atoms with Gasteiger partial charge in [-0.25, -0.2) is 73.1 Å². The monoisotopic (exact) mass is 2690 g/mol. The number of likely N-dealkylation sites (tertiary alicyclic amines) is 3. The van der Waals surface area contributed by atoms with Crippen LogP contribution >= 0.6 is 45.2 Å². The number of carbonyl (C=O) groups is 6. The number of carbonyl (C=O) groups excluding carboxylic acids is 5. The minimum absolute atomic E-state index is 0. The van der Waals surface area contributed by atoms with Crippen LogP contribution in [0.2, 0.25) is 0 Å². The molecule has 0 saturated carbocycles. The number of rotatable bonds is 15. The van der Waals surface area contributed by atoms with E-state index in [1.54, 1.807) is 82.5 Å². The number of carboxylic acids is 1. The maximum atomic E-state index is 12.7. The number of aromatic amines is 3. The fourth-order valence-electron chi connectivity index (χ4n) is 16.4. The van der Waals surface area contributed by atoms with Gasteiger partial charge in [0.15, 0.2) is 28.4 Å². The number of hydrogen-bond acceptors (Lipinski definition) is 35. The predicted octanol–water partition coefficient (Wildman–Crippen LogP) is 10.9. The van der Waals surface area contributed by atoms with Crippen LogP contribution in [-0.2, 0) is 113 Å². The Morgan fingerprint density at radius 2 is 0.920 bits per heavy atom. The van der Waals surface area contributed by atoms with E-state index in [0.717, 1.165) is 215 Å². The second kappa shape index (κ2) is 57.6. The van der Waals surface area contributed by atoms with Crippen molar-refractivity contribution in [2.45, 2.75) is 221 Å². The number of ether oxygens (including phenoxy) is 4. The van der Waals surface area contributed by atoms with E-state index in [2.05, 4.69) is 116 Å². The molecule has 18 rings (SSSR count). The van der Waals surface area contributed by atoms with Gasteiger partial charge in [0.2, 0.25) is 0 Å². The zero-order valence-electron chi connectivity index (χ0n) is 86.1. The topological polar surface area (TPSA) is 652 Å². The van der Waals surface area contributed by atoms with Crippen molar-refractivity contribution in [1.82, 2.24) is 114 Å². The molecule has 15 heterocycles. The van der Waals surface area contributed by atoms with Crippen molar-refractivity contribution in [2.75, 3.05) is 81.5 Å². The third-order valence-corrected chi connectivity index (χ3v) is 24.9. The number of anilines is 4. The Morgan fingerprint density at radius 3 is 1.35 bits per heavy atom. The summed E-state index contributed by atoms with van der Waals surface area (Å²) in [5.41, 5.74) is 32.3. The fourth-order valence-corrected chi connectivity index (χ4v) is 18.5. The summed E-state index contributed by atoms with van der Waals surface area (Å²) in [7, 11) is -5.29. The molecular formula is C95H124BCo3Cs2I2N27O19S. The van der Waals surface area contributed by atoms with Crippen LogP contribution in [0.5, 0.6) is 0 Å². The number of aliphatic hydroxyl groups is 3. The molecule has 805 valence electrons. The molecule has 4 aliphatic heterocycles. The molecule has 11 aromatic heterocycles. The maximum absolute atomic E-state index is 12.7. The number of aliphatic carboxylic acids is 1. The molecule has 18 N–H and O–H groups in total. The van der Waals surface area contributed by atoms with Crippen molar-refractivity contribution < 1.29 is 141 Å². The summed E-state index contributed by atoms with van der Waals surface area (Å²) in [5.74, 6) is 0.604. The summed E-state index contributed by atoms with van der Waals surface area (Å²) in [6.45, 7) is 28.4. The Kier molecular flexibility index (Phi) is 49.0. The number of nitrogens with one attached hydrogen (secondary N) is 4. The molecule has 0 bridgehead atoms. The number of nitrogens with two attached hydrogens (primary N) is 4. The molecule has 4 saturated heterocycles. The number of aliphatic hydroxyl groups excluding tert-OH is 3. The van der Waals surface area contributed by atoms with Gasteiger partial charge < -0.3 is 102 Å². The number of amides is 3. The number of ketones is 1. The molecule has 46 nitrogen and oxygen atoms in total. The van der Waals surface area contributed by atoms with Crippen LogP contribution in [0.1, 0.15) is 189 Å². The molecule has 55 heteroatoms. The van der Waals surface area contributed by atoms with Crippen LogP contribution < -0.4 is 33.8 Å².